The molecule has 230 valence electrons. The lowest BCUT2D eigenvalue weighted by Gasteiger charge is -2.37. The molecule has 43 heavy (non-hydrogen) atoms. The Labute approximate surface area is 255 Å². The molecule has 2 unspecified atom stereocenters. The number of carbonyl (C=O) groups is 3. The highest BCUT2D eigenvalue weighted by atomic mass is 16.5. The van der Waals surface area contributed by atoms with Crippen molar-refractivity contribution < 1.29 is 24.2 Å². The first-order chi connectivity index (χ1) is 20.9. The Morgan fingerprint density at radius 1 is 1.05 bits per heavy atom. The van der Waals surface area contributed by atoms with E-state index in [1.165, 1.54) is 0 Å². The Hall–Kier alpha value is -3.49. The number of fused-ring (bicyclic) bond motifs is 2. The van der Waals surface area contributed by atoms with Gasteiger partial charge in [-0.15, -0.1) is 13.2 Å². The molecule has 1 N–H and O–H groups in total. The quantitative estimate of drug-likeness (QED) is 0.241. The second-order valence-corrected chi connectivity index (χ2v) is 12.1. The molecule has 3 heterocycles. The van der Waals surface area contributed by atoms with Gasteiger partial charge in [0.2, 0.25) is 11.8 Å². The molecule has 3 saturated heterocycles. The normalized spacial score (nSPS) is 25.6. The molecule has 5 rings (SSSR count). The summed E-state index contributed by atoms with van der Waals surface area (Å²) in [6.45, 7) is 11.6. The summed E-state index contributed by atoms with van der Waals surface area (Å²) >= 11 is 0. The molecule has 5 atom stereocenters. The van der Waals surface area contributed by atoms with Gasteiger partial charge in [-0.3, -0.25) is 14.4 Å². The van der Waals surface area contributed by atoms with Crippen LogP contribution in [0.3, 0.4) is 0 Å². The topological polar surface area (TPSA) is 90.4 Å². The van der Waals surface area contributed by atoms with Gasteiger partial charge in [-0.2, -0.15) is 0 Å². The molecule has 1 spiro atoms. The van der Waals surface area contributed by atoms with Gasteiger partial charge in [-0.1, -0.05) is 62.2 Å². The first-order valence-electron chi connectivity index (χ1n) is 15.8. The van der Waals surface area contributed by atoms with Gasteiger partial charge in [0.25, 0.3) is 5.91 Å². The van der Waals surface area contributed by atoms with Crippen LogP contribution in [0.15, 0.2) is 67.8 Å². The minimum absolute atomic E-state index is 0.0832. The number of aliphatic hydroxyl groups is 1. The molecule has 3 amide bonds. The molecule has 0 saturated carbocycles. The fourth-order valence-electron chi connectivity index (χ4n) is 7.57. The summed E-state index contributed by atoms with van der Waals surface area (Å²) in [6.07, 6.45) is 8.12. The van der Waals surface area contributed by atoms with Gasteiger partial charge in [-0.25, -0.2) is 0 Å². The van der Waals surface area contributed by atoms with Gasteiger partial charge in [0.05, 0.1) is 17.9 Å². The van der Waals surface area contributed by atoms with E-state index in [0.29, 0.717) is 45.3 Å². The van der Waals surface area contributed by atoms with Crippen LogP contribution in [-0.2, 0) is 19.1 Å². The number of carbonyl (C=O) groups excluding carboxylic acids is 3. The number of likely N-dealkylation sites (tertiary alicyclic amines) is 1. The van der Waals surface area contributed by atoms with E-state index in [1.54, 1.807) is 26.9 Å². The number of ether oxygens (including phenoxy) is 1. The lowest BCUT2D eigenvalue weighted by molar-refractivity contribution is -0.145. The highest BCUT2D eigenvalue weighted by Crippen LogP contribution is 2.59. The van der Waals surface area contributed by atoms with E-state index in [-0.39, 0.29) is 37.0 Å². The second kappa shape index (κ2) is 13.4. The van der Waals surface area contributed by atoms with E-state index in [4.69, 9.17) is 4.74 Å². The predicted octanol–water partition coefficient (Wildman–Crippen LogP) is 4.71. The minimum atomic E-state index is -1.05. The SMILES string of the molecule is C=CCN(CCC)C(=O)[C@@H]1[C@H]2C(=O)N(CCCCCCO)C(C(=O)N(CC=C)c3ccc4ccccc4c3)C23CC[C@H]1O3. The second-order valence-electron chi connectivity index (χ2n) is 12.1. The van der Waals surface area contributed by atoms with Crippen molar-refractivity contribution in [2.75, 3.05) is 37.7 Å². The summed E-state index contributed by atoms with van der Waals surface area (Å²) in [5.41, 5.74) is -0.314. The molecule has 8 heteroatoms. The van der Waals surface area contributed by atoms with E-state index in [2.05, 4.69) is 13.2 Å². The zero-order valence-electron chi connectivity index (χ0n) is 25.3. The third-order valence-corrected chi connectivity index (χ3v) is 9.40. The lowest BCUT2D eigenvalue weighted by Crippen LogP contribution is -2.56. The third kappa shape index (κ3) is 5.63. The van der Waals surface area contributed by atoms with E-state index in [0.717, 1.165) is 35.7 Å². The summed E-state index contributed by atoms with van der Waals surface area (Å²) in [6, 6.07) is 13.1. The number of aliphatic hydroxyl groups excluding tert-OH is 1. The average Bonchev–Trinajstić information content (AvgIpc) is 3.66. The van der Waals surface area contributed by atoms with E-state index in [9.17, 15) is 19.5 Å². The molecule has 3 aliphatic rings. The molecule has 2 bridgehead atoms. The van der Waals surface area contributed by atoms with Crippen LogP contribution in [0.1, 0.15) is 51.9 Å². The third-order valence-electron chi connectivity index (χ3n) is 9.40. The molecule has 2 aromatic carbocycles. The van der Waals surface area contributed by atoms with Crippen LogP contribution < -0.4 is 4.90 Å². The molecule has 2 aromatic rings. The number of anilines is 1. The largest absolute Gasteiger partial charge is 0.396 e. The Balaban J connectivity index is 1.52. The van der Waals surface area contributed by atoms with E-state index >= 15 is 0 Å². The van der Waals surface area contributed by atoms with Crippen molar-refractivity contribution in [3.8, 4) is 0 Å². The summed E-state index contributed by atoms with van der Waals surface area (Å²) in [4.78, 5) is 48.3. The maximum atomic E-state index is 14.8. The van der Waals surface area contributed by atoms with E-state index < -0.39 is 23.5 Å². The Morgan fingerprint density at radius 2 is 1.79 bits per heavy atom. The van der Waals surface area contributed by atoms with Crippen molar-refractivity contribution in [2.24, 2.45) is 11.8 Å². The molecule has 0 aliphatic carbocycles. The van der Waals surface area contributed by atoms with Crippen LogP contribution in [0.25, 0.3) is 10.8 Å². The maximum Gasteiger partial charge on any atom is 0.253 e. The summed E-state index contributed by atoms with van der Waals surface area (Å²) in [5, 5.41) is 11.3. The Morgan fingerprint density at radius 3 is 2.51 bits per heavy atom. The highest BCUT2D eigenvalue weighted by molar-refractivity contribution is 6.05. The van der Waals surface area contributed by atoms with Crippen molar-refractivity contribution in [3.63, 3.8) is 0 Å². The molecule has 8 nitrogen and oxygen atoms in total. The number of hydrogen-bond acceptors (Lipinski definition) is 5. The van der Waals surface area contributed by atoms with Crippen LogP contribution in [-0.4, -0.2) is 83.2 Å². The molecule has 3 fully saturated rings. The van der Waals surface area contributed by atoms with Gasteiger partial charge in [0.1, 0.15) is 11.6 Å². The molecule has 0 aromatic heterocycles. The van der Waals surface area contributed by atoms with E-state index in [1.807, 2.05) is 49.4 Å². The van der Waals surface area contributed by atoms with Gasteiger partial charge in [0, 0.05) is 38.5 Å². The number of nitrogens with zero attached hydrogens (tertiary/aromatic N) is 3. The van der Waals surface area contributed by atoms with Crippen LogP contribution >= 0.6 is 0 Å². The van der Waals surface area contributed by atoms with Crippen molar-refractivity contribution >= 4 is 34.2 Å². The Bertz CT molecular complexity index is 1360. The monoisotopic (exact) mass is 587 g/mol. The average molecular weight is 588 g/mol. The first-order valence-corrected chi connectivity index (χ1v) is 15.8. The molecule has 0 radical (unpaired) electrons. The lowest BCUT2D eigenvalue weighted by atomic mass is 9.70. The fraction of sp³-hybridized carbons (Fsp3) is 0.514. The number of benzene rings is 2. The number of amides is 3. The number of unbranched alkanes of at least 4 members (excludes halogenated alkanes) is 3. The van der Waals surface area contributed by atoms with Crippen LogP contribution in [0.2, 0.25) is 0 Å². The molecular formula is C35H45N3O5. The summed E-state index contributed by atoms with van der Waals surface area (Å²) in [7, 11) is 0. The van der Waals surface area contributed by atoms with Gasteiger partial charge >= 0.3 is 0 Å². The predicted molar refractivity (Wildman–Crippen MR) is 168 cm³/mol. The van der Waals surface area contributed by atoms with Gasteiger partial charge < -0.3 is 24.5 Å². The van der Waals surface area contributed by atoms with Crippen molar-refractivity contribution in [1.29, 1.82) is 0 Å². The van der Waals surface area contributed by atoms with Crippen LogP contribution in [0.4, 0.5) is 5.69 Å². The Kier molecular flexibility index (Phi) is 9.67. The minimum Gasteiger partial charge on any atom is -0.396 e. The van der Waals surface area contributed by atoms with Gasteiger partial charge in [-0.05, 0) is 55.0 Å². The zero-order valence-corrected chi connectivity index (χ0v) is 25.3. The van der Waals surface area contributed by atoms with Crippen molar-refractivity contribution in [2.45, 2.75) is 69.6 Å². The van der Waals surface area contributed by atoms with Crippen LogP contribution in [0, 0.1) is 11.8 Å². The maximum absolute atomic E-state index is 14.8. The number of rotatable bonds is 15. The van der Waals surface area contributed by atoms with Crippen molar-refractivity contribution in [1.82, 2.24) is 9.80 Å². The molecule has 3 aliphatic heterocycles. The zero-order chi connectivity index (χ0) is 30.6. The highest BCUT2D eigenvalue weighted by Gasteiger charge is 2.74. The van der Waals surface area contributed by atoms with Crippen molar-refractivity contribution in [3.05, 3.63) is 67.8 Å². The summed E-state index contributed by atoms with van der Waals surface area (Å²) < 4.78 is 6.70. The standard InChI is InChI=1S/C35H45N3O5/c1-4-19-36(20-5-2)32(40)29-28-17-18-35(43-28)30(29)33(41)38(22-11-7-8-12-23-39)31(35)34(42)37(21-6-3)27-16-15-25-13-9-10-14-26(25)24-27/h4,6,9-10,13-16,24,28-31,39H,1,3,5,7-8,11-12,17-23H2,2H3/t28-,29+,30+,31?,35?/m1/s1. The fourth-order valence-corrected chi connectivity index (χ4v) is 7.57. The number of hydrogen-bond donors (Lipinski definition) is 1. The van der Waals surface area contributed by atoms with Crippen LogP contribution in [0.5, 0.6) is 0 Å². The smallest absolute Gasteiger partial charge is 0.253 e. The first kappa shape index (κ1) is 31.0. The van der Waals surface area contributed by atoms with Gasteiger partial charge in [0.15, 0.2) is 0 Å². The molecular weight excluding hydrogens is 542 g/mol. The summed E-state index contributed by atoms with van der Waals surface area (Å²) in [5.74, 6) is -1.76.